The highest BCUT2D eigenvalue weighted by molar-refractivity contribution is 9.10. The Morgan fingerprint density at radius 3 is 2.94 bits per heavy atom. The van der Waals surface area contributed by atoms with E-state index in [1.54, 1.807) is 0 Å². The van der Waals surface area contributed by atoms with Gasteiger partial charge in [0.25, 0.3) is 5.91 Å². The van der Waals surface area contributed by atoms with Crippen LogP contribution in [0.2, 0.25) is 5.02 Å². The van der Waals surface area contributed by atoms with E-state index in [1.807, 2.05) is 0 Å². The Balaban J connectivity index is 2.27. The highest BCUT2D eigenvalue weighted by Gasteiger charge is 2.13. The van der Waals surface area contributed by atoms with Crippen LogP contribution in [0.4, 0.5) is 10.1 Å². The maximum atomic E-state index is 13.3. The SMILES string of the molecule is O=C(Nc1cc(Cl)cnc1Br)c1ccncc1F. The minimum atomic E-state index is -0.693. The number of nitrogens with zero attached hydrogens (tertiary/aromatic N) is 2. The van der Waals surface area contributed by atoms with Crippen molar-refractivity contribution in [1.82, 2.24) is 9.97 Å². The molecule has 0 unspecified atom stereocenters. The number of rotatable bonds is 2. The molecule has 0 radical (unpaired) electrons. The quantitative estimate of drug-likeness (QED) is 0.860. The van der Waals surface area contributed by atoms with Gasteiger partial charge in [-0.25, -0.2) is 9.37 Å². The summed E-state index contributed by atoms with van der Waals surface area (Å²) < 4.78 is 13.8. The van der Waals surface area contributed by atoms with Crippen LogP contribution in [0.15, 0.2) is 35.3 Å². The maximum absolute atomic E-state index is 13.3. The van der Waals surface area contributed by atoms with Crippen LogP contribution in [0.1, 0.15) is 10.4 Å². The summed E-state index contributed by atoms with van der Waals surface area (Å²) >= 11 is 8.92. The van der Waals surface area contributed by atoms with Crippen LogP contribution in [0, 0.1) is 5.82 Å². The van der Waals surface area contributed by atoms with E-state index < -0.39 is 11.7 Å². The van der Waals surface area contributed by atoms with Crippen molar-refractivity contribution in [3.8, 4) is 0 Å². The molecule has 2 aromatic heterocycles. The number of hydrogen-bond acceptors (Lipinski definition) is 3. The van der Waals surface area contributed by atoms with E-state index in [-0.39, 0.29) is 5.56 Å². The summed E-state index contributed by atoms with van der Waals surface area (Å²) in [5.74, 6) is -1.29. The average Bonchev–Trinajstić information content (AvgIpc) is 2.34. The zero-order valence-electron chi connectivity index (χ0n) is 8.82. The van der Waals surface area contributed by atoms with E-state index >= 15 is 0 Å². The van der Waals surface area contributed by atoms with Crippen LogP contribution >= 0.6 is 27.5 Å². The van der Waals surface area contributed by atoms with Crippen molar-refractivity contribution in [2.45, 2.75) is 0 Å². The summed E-state index contributed by atoms with van der Waals surface area (Å²) in [7, 11) is 0. The van der Waals surface area contributed by atoms with Crippen molar-refractivity contribution in [1.29, 1.82) is 0 Å². The molecule has 0 aromatic carbocycles. The van der Waals surface area contributed by atoms with Gasteiger partial charge in [0, 0.05) is 12.4 Å². The van der Waals surface area contributed by atoms with Gasteiger partial charge in [0.1, 0.15) is 4.60 Å². The third-order valence-electron chi connectivity index (χ3n) is 2.07. The van der Waals surface area contributed by atoms with E-state index in [2.05, 4.69) is 31.2 Å². The van der Waals surface area contributed by atoms with Gasteiger partial charge in [0.15, 0.2) is 5.82 Å². The minimum absolute atomic E-state index is 0.100. The highest BCUT2D eigenvalue weighted by Crippen LogP contribution is 2.23. The summed E-state index contributed by atoms with van der Waals surface area (Å²) in [6.45, 7) is 0. The lowest BCUT2D eigenvalue weighted by Crippen LogP contribution is -2.14. The topological polar surface area (TPSA) is 54.9 Å². The van der Waals surface area contributed by atoms with Gasteiger partial charge in [0.2, 0.25) is 0 Å². The van der Waals surface area contributed by atoms with Gasteiger partial charge in [-0.05, 0) is 28.1 Å². The predicted molar refractivity (Wildman–Crippen MR) is 69.1 cm³/mol. The van der Waals surface area contributed by atoms with Crippen LogP contribution in [0.5, 0.6) is 0 Å². The first-order chi connectivity index (χ1) is 8.58. The van der Waals surface area contributed by atoms with E-state index in [0.717, 1.165) is 6.20 Å². The summed E-state index contributed by atoms with van der Waals surface area (Å²) in [4.78, 5) is 19.3. The molecule has 4 nitrogen and oxygen atoms in total. The molecule has 92 valence electrons. The van der Waals surface area contributed by atoms with Gasteiger partial charge >= 0.3 is 0 Å². The highest BCUT2D eigenvalue weighted by atomic mass is 79.9. The number of pyridine rings is 2. The molecule has 0 saturated carbocycles. The number of hydrogen-bond donors (Lipinski definition) is 1. The second kappa shape index (κ2) is 5.41. The monoisotopic (exact) mass is 329 g/mol. The van der Waals surface area contributed by atoms with Crippen LogP contribution in [-0.2, 0) is 0 Å². The minimum Gasteiger partial charge on any atom is -0.319 e. The zero-order chi connectivity index (χ0) is 13.1. The van der Waals surface area contributed by atoms with Crippen molar-refractivity contribution in [3.63, 3.8) is 0 Å². The smallest absolute Gasteiger partial charge is 0.258 e. The van der Waals surface area contributed by atoms with Gasteiger partial charge in [0.05, 0.1) is 22.5 Å². The van der Waals surface area contributed by atoms with Crippen molar-refractivity contribution >= 4 is 39.1 Å². The molecule has 1 N–H and O–H groups in total. The lowest BCUT2D eigenvalue weighted by atomic mass is 10.2. The number of nitrogens with one attached hydrogen (secondary N) is 1. The van der Waals surface area contributed by atoms with Crippen LogP contribution in [0.3, 0.4) is 0 Å². The Labute approximate surface area is 115 Å². The van der Waals surface area contributed by atoms with Crippen molar-refractivity contribution in [2.24, 2.45) is 0 Å². The van der Waals surface area contributed by atoms with E-state index in [0.29, 0.717) is 15.3 Å². The van der Waals surface area contributed by atoms with Gasteiger partial charge in [-0.3, -0.25) is 9.78 Å². The molecule has 2 heterocycles. The largest absolute Gasteiger partial charge is 0.319 e. The standard InChI is InChI=1S/C11H6BrClFN3O/c12-10-9(3-6(13)4-16-10)17-11(18)7-1-2-15-5-8(7)14/h1-5H,(H,17,18). The fourth-order valence-corrected chi connectivity index (χ4v) is 1.73. The molecular weight excluding hydrogens is 324 g/mol. The molecular formula is C11H6BrClFN3O. The molecule has 0 atom stereocenters. The molecule has 18 heavy (non-hydrogen) atoms. The van der Waals surface area contributed by atoms with Gasteiger partial charge < -0.3 is 5.32 Å². The number of anilines is 1. The summed E-state index contributed by atoms with van der Waals surface area (Å²) in [5, 5.41) is 2.87. The third kappa shape index (κ3) is 2.83. The average molecular weight is 331 g/mol. The Morgan fingerprint density at radius 2 is 2.22 bits per heavy atom. The molecule has 0 aliphatic carbocycles. The van der Waals surface area contributed by atoms with Crippen molar-refractivity contribution < 1.29 is 9.18 Å². The molecule has 0 bridgehead atoms. The number of halogens is 3. The van der Waals surface area contributed by atoms with Crippen LogP contribution in [0.25, 0.3) is 0 Å². The van der Waals surface area contributed by atoms with Gasteiger partial charge in [-0.1, -0.05) is 11.6 Å². The maximum Gasteiger partial charge on any atom is 0.258 e. The van der Waals surface area contributed by atoms with Crippen molar-refractivity contribution in [2.75, 3.05) is 5.32 Å². The molecule has 7 heteroatoms. The fourth-order valence-electron chi connectivity index (χ4n) is 1.26. The molecule has 1 amide bonds. The van der Waals surface area contributed by atoms with Crippen LogP contribution < -0.4 is 5.32 Å². The summed E-state index contributed by atoms with van der Waals surface area (Å²) in [6, 6.07) is 2.80. The molecule has 0 fully saturated rings. The summed E-state index contributed by atoms with van der Waals surface area (Å²) in [5.41, 5.74) is 0.264. The second-order valence-electron chi connectivity index (χ2n) is 3.30. The Hall–Kier alpha value is -1.53. The second-order valence-corrected chi connectivity index (χ2v) is 4.49. The number of aromatic nitrogens is 2. The van der Waals surface area contributed by atoms with Gasteiger partial charge in [-0.2, -0.15) is 0 Å². The third-order valence-corrected chi connectivity index (χ3v) is 2.91. The zero-order valence-corrected chi connectivity index (χ0v) is 11.2. The van der Waals surface area contributed by atoms with E-state index in [4.69, 9.17) is 11.6 Å². The first-order valence-electron chi connectivity index (χ1n) is 4.80. The predicted octanol–water partition coefficient (Wildman–Crippen LogP) is 3.28. The van der Waals surface area contributed by atoms with Crippen molar-refractivity contribution in [3.05, 3.63) is 51.7 Å². The summed E-state index contributed by atoms with van der Waals surface area (Å²) in [6.07, 6.45) is 3.73. The Bertz CT molecular complexity index is 609. The van der Waals surface area contributed by atoms with E-state index in [9.17, 15) is 9.18 Å². The van der Waals surface area contributed by atoms with Gasteiger partial charge in [-0.15, -0.1) is 0 Å². The lowest BCUT2D eigenvalue weighted by Gasteiger charge is -2.07. The van der Waals surface area contributed by atoms with E-state index in [1.165, 1.54) is 24.5 Å². The fraction of sp³-hybridized carbons (Fsp3) is 0. The number of carbonyl (C=O) groups is 1. The first kappa shape index (κ1) is 12.9. The molecule has 0 spiro atoms. The molecule has 2 rings (SSSR count). The Kier molecular flexibility index (Phi) is 3.88. The number of carbonyl (C=O) groups excluding carboxylic acids is 1. The number of amides is 1. The first-order valence-corrected chi connectivity index (χ1v) is 5.97. The molecule has 2 aromatic rings. The molecule has 0 saturated heterocycles. The molecule has 0 aliphatic heterocycles. The Morgan fingerprint density at radius 1 is 1.44 bits per heavy atom. The molecule has 0 aliphatic rings. The normalized spacial score (nSPS) is 10.2. The lowest BCUT2D eigenvalue weighted by molar-refractivity contribution is 0.102. The van der Waals surface area contributed by atoms with Crippen LogP contribution in [-0.4, -0.2) is 15.9 Å².